The number of nitrogens with two attached hydrogens (primary N) is 1. The molecule has 0 saturated carbocycles. The highest BCUT2D eigenvalue weighted by Gasteiger charge is 2.21. The molecule has 0 unspecified atom stereocenters. The summed E-state index contributed by atoms with van der Waals surface area (Å²) in [5, 5.41) is 39.3. The van der Waals surface area contributed by atoms with Crippen LogP contribution in [0, 0.1) is 11.3 Å². The molecular weight excluding hydrogens is 482 g/mol. The first kappa shape index (κ1) is 22.9. The van der Waals surface area contributed by atoms with Crippen molar-refractivity contribution in [3.05, 3.63) is 35.9 Å². The van der Waals surface area contributed by atoms with E-state index < -0.39 is 20.7 Å². The predicted octanol–water partition coefficient (Wildman–Crippen LogP) is 4.64. The van der Waals surface area contributed by atoms with E-state index in [-0.39, 0.29) is 11.1 Å². The summed E-state index contributed by atoms with van der Waals surface area (Å²) >= 11 is 2.40. The number of thioether (sulfide) groups is 1. The smallest absolute Gasteiger partial charge is 0.241 e. The van der Waals surface area contributed by atoms with Gasteiger partial charge in [-0.15, -0.1) is 22.0 Å². The number of hydrogen-bond donors (Lipinski definition) is 3. The van der Waals surface area contributed by atoms with Crippen molar-refractivity contribution in [3.63, 3.8) is 0 Å². The summed E-state index contributed by atoms with van der Waals surface area (Å²) in [6.45, 7) is 2.50. The number of phenolic OH excluding ortho intramolecular Hbond substituents is 1. The van der Waals surface area contributed by atoms with Gasteiger partial charge in [0.25, 0.3) is 0 Å². The standard InChI is InChI=1S/C20H17N7O3S3/c1-3-23-13-6-4-5-11-16(13)14(8-15(17(11)28)33(22,29)30)25-26-20-12-7-10(9-21)19(31-2)24-18(12)27-32-20/h4-8,23,28H,3H2,1-2H3,(H2,22,29,30)/b26-25+. The third-order valence-corrected chi connectivity index (χ3v) is 7.09. The lowest BCUT2D eigenvalue weighted by Gasteiger charge is -2.13. The van der Waals surface area contributed by atoms with E-state index in [9.17, 15) is 18.8 Å². The predicted molar refractivity (Wildman–Crippen MR) is 129 cm³/mol. The minimum absolute atomic E-state index is 0.194. The molecule has 0 bridgehead atoms. The minimum atomic E-state index is -4.23. The molecule has 2 heterocycles. The normalized spacial score (nSPS) is 11.9. The second-order valence-electron chi connectivity index (χ2n) is 6.76. The van der Waals surface area contributed by atoms with Crippen molar-refractivity contribution in [2.75, 3.05) is 18.1 Å². The second-order valence-corrected chi connectivity index (χ2v) is 9.84. The van der Waals surface area contributed by atoms with Gasteiger partial charge in [0.15, 0.2) is 10.6 Å². The Hall–Kier alpha value is -3.31. The molecule has 2 aromatic heterocycles. The largest absolute Gasteiger partial charge is 0.506 e. The van der Waals surface area contributed by atoms with Gasteiger partial charge >= 0.3 is 0 Å². The summed E-state index contributed by atoms with van der Waals surface area (Å²) in [6, 6.07) is 10.00. The zero-order chi connectivity index (χ0) is 23.8. The first-order valence-corrected chi connectivity index (χ1v) is 13.0. The van der Waals surface area contributed by atoms with E-state index >= 15 is 0 Å². The van der Waals surface area contributed by atoms with Crippen LogP contribution >= 0.6 is 23.3 Å². The number of hydrogen-bond acceptors (Lipinski definition) is 11. The molecule has 0 aliphatic carbocycles. The number of sulfonamides is 1. The lowest BCUT2D eigenvalue weighted by molar-refractivity contribution is 0.465. The number of anilines is 1. The molecule has 10 nitrogen and oxygen atoms in total. The number of azo groups is 1. The van der Waals surface area contributed by atoms with Gasteiger partial charge in [0.2, 0.25) is 10.0 Å². The molecule has 0 aliphatic rings. The summed E-state index contributed by atoms with van der Waals surface area (Å²) in [6.07, 6.45) is 1.82. The zero-order valence-electron chi connectivity index (χ0n) is 17.4. The van der Waals surface area contributed by atoms with Gasteiger partial charge in [-0.2, -0.15) is 9.64 Å². The van der Waals surface area contributed by atoms with E-state index in [1.165, 1.54) is 17.8 Å². The van der Waals surface area contributed by atoms with Crippen LogP contribution in [0.2, 0.25) is 0 Å². The van der Waals surface area contributed by atoms with Gasteiger partial charge < -0.3 is 10.4 Å². The number of fused-ring (bicyclic) bond motifs is 2. The van der Waals surface area contributed by atoms with Gasteiger partial charge in [-0.25, -0.2) is 18.5 Å². The first-order chi connectivity index (χ1) is 15.8. The Morgan fingerprint density at radius 2 is 2.09 bits per heavy atom. The fourth-order valence-electron chi connectivity index (χ4n) is 3.31. The van der Waals surface area contributed by atoms with Gasteiger partial charge in [-0.1, -0.05) is 12.1 Å². The minimum Gasteiger partial charge on any atom is -0.506 e. The van der Waals surface area contributed by atoms with Gasteiger partial charge in [-0.05, 0) is 42.9 Å². The highest BCUT2D eigenvalue weighted by Crippen LogP contribution is 2.43. The van der Waals surface area contributed by atoms with Gasteiger partial charge in [0.1, 0.15) is 21.7 Å². The number of nitrogens with zero attached hydrogens (tertiary/aromatic N) is 5. The van der Waals surface area contributed by atoms with Crippen LogP contribution in [0.3, 0.4) is 0 Å². The van der Waals surface area contributed by atoms with E-state index in [2.05, 4.69) is 31.0 Å². The Bertz CT molecular complexity index is 1570. The molecule has 33 heavy (non-hydrogen) atoms. The number of aromatic nitrogens is 2. The molecule has 4 aromatic rings. The average molecular weight is 500 g/mol. The number of pyridine rings is 1. The van der Waals surface area contributed by atoms with Gasteiger partial charge in [-0.3, -0.25) is 0 Å². The molecule has 168 valence electrons. The van der Waals surface area contributed by atoms with Crippen molar-refractivity contribution >= 4 is 71.5 Å². The monoisotopic (exact) mass is 499 g/mol. The maximum Gasteiger partial charge on any atom is 0.241 e. The zero-order valence-corrected chi connectivity index (χ0v) is 19.8. The van der Waals surface area contributed by atoms with E-state index in [0.717, 1.165) is 11.5 Å². The molecule has 2 aromatic carbocycles. The summed E-state index contributed by atoms with van der Waals surface area (Å²) in [5.74, 6) is -0.457. The maximum absolute atomic E-state index is 12.1. The molecule has 4 rings (SSSR count). The third-order valence-electron chi connectivity index (χ3n) is 4.73. The van der Waals surface area contributed by atoms with Gasteiger partial charge in [0, 0.05) is 23.0 Å². The van der Waals surface area contributed by atoms with Crippen molar-refractivity contribution in [1.82, 2.24) is 9.36 Å². The van der Waals surface area contributed by atoms with E-state index in [1.807, 2.05) is 13.2 Å². The average Bonchev–Trinajstić information content (AvgIpc) is 3.19. The first-order valence-electron chi connectivity index (χ1n) is 9.50. The van der Waals surface area contributed by atoms with E-state index in [4.69, 9.17) is 5.14 Å². The van der Waals surface area contributed by atoms with E-state index in [0.29, 0.717) is 44.2 Å². The van der Waals surface area contributed by atoms with Crippen LogP contribution in [0.15, 0.2) is 50.5 Å². The molecule has 0 spiro atoms. The number of nitrogens with one attached hydrogen (secondary N) is 1. The molecule has 4 N–H and O–H groups in total. The number of rotatable bonds is 6. The SMILES string of the molecule is CCNc1cccc2c(O)c(S(N)(=O)=O)cc(/N=N/c3snc4nc(SC)c(C#N)cc34)c12. The second kappa shape index (κ2) is 8.91. The Morgan fingerprint density at radius 3 is 2.76 bits per heavy atom. The van der Waals surface area contributed by atoms with Crippen molar-refractivity contribution in [2.24, 2.45) is 15.4 Å². The number of aromatic hydroxyl groups is 1. The lowest BCUT2D eigenvalue weighted by Crippen LogP contribution is -2.12. The van der Waals surface area contributed by atoms with E-state index in [1.54, 1.807) is 24.3 Å². The Morgan fingerprint density at radius 1 is 1.30 bits per heavy atom. The van der Waals surface area contributed by atoms with Crippen LogP contribution in [0.4, 0.5) is 16.4 Å². The molecule has 0 atom stereocenters. The molecular formula is C20H17N7O3S3. The molecule has 0 saturated heterocycles. The Kier molecular flexibility index (Phi) is 6.17. The molecule has 0 radical (unpaired) electrons. The van der Waals surface area contributed by atoms with Crippen molar-refractivity contribution in [2.45, 2.75) is 16.8 Å². The third kappa shape index (κ3) is 4.21. The summed E-state index contributed by atoms with van der Waals surface area (Å²) in [4.78, 5) is 3.93. The Balaban J connectivity index is 1.95. The molecule has 0 aliphatic heterocycles. The number of nitriles is 1. The lowest BCUT2D eigenvalue weighted by atomic mass is 10.1. The molecule has 13 heteroatoms. The topological polar surface area (TPSA) is 167 Å². The highest BCUT2D eigenvalue weighted by molar-refractivity contribution is 7.98. The summed E-state index contributed by atoms with van der Waals surface area (Å²) < 4.78 is 28.4. The van der Waals surface area contributed by atoms with Crippen molar-refractivity contribution in [1.29, 1.82) is 5.26 Å². The van der Waals surface area contributed by atoms with Gasteiger partial charge in [0.05, 0.1) is 16.6 Å². The van der Waals surface area contributed by atoms with Crippen LogP contribution < -0.4 is 10.5 Å². The van der Waals surface area contributed by atoms with Crippen LogP contribution in [-0.4, -0.2) is 35.7 Å². The maximum atomic E-state index is 12.1. The fourth-order valence-corrected chi connectivity index (χ4v) is 5.11. The quantitative estimate of drug-likeness (QED) is 0.255. The summed E-state index contributed by atoms with van der Waals surface area (Å²) in [5.41, 5.74) is 1.67. The number of phenols is 1. The summed E-state index contributed by atoms with van der Waals surface area (Å²) in [7, 11) is -4.23. The number of primary sulfonamides is 1. The molecule has 0 fully saturated rings. The van der Waals surface area contributed by atoms with Crippen LogP contribution in [0.25, 0.3) is 21.8 Å². The van der Waals surface area contributed by atoms with Crippen LogP contribution in [0.1, 0.15) is 12.5 Å². The fraction of sp³-hybridized carbons (Fsp3) is 0.150. The van der Waals surface area contributed by atoms with Crippen molar-refractivity contribution < 1.29 is 13.5 Å². The molecule has 0 amide bonds. The highest BCUT2D eigenvalue weighted by atomic mass is 32.2. The van der Waals surface area contributed by atoms with Crippen LogP contribution in [0.5, 0.6) is 5.75 Å². The Labute approximate surface area is 197 Å². The number of benzene rings is 2. The van der Waals surface area contributed by atoms with Crippen molar-refractivity contribution in [3.8, 4) is 11.8 Å². The van der Waals surface area contributed by atoms with Crippen LogP contribution in [-0.2, 0) is 10.0 Å².